The molecular weight excluding hydrogens is 482 g/mol. The fourth-order valence-corrected chi connectivity index (χ4v) is 6.88. The summed E-state index contributed by atoms with van der Waals surface area (Å²) in [5.74, 6) is 2.09. The Morgan fingerprint density at radius 3 is 2.41 bits per heavy atom. The Balaban J connectivity index is 1.30. The Bertz CT molecular complexity index is 1350. The van der Waals surface area contributed by atoms with Crippen LogP contribution in [0.4, 0.5) is 0 Å². The first kappa shape index (κ1) is 26.2. The molecule has 0 amide bonds. The molecule has 0 radical (unpaired) electrons. The van der Waals surface area contributed by atoms with Crippen LogP contribution in [-0.2, 0) is 0 Å². The number of nitrogens with zero attached hydrogens (tertiary/aromatic N) is 3. The number of hydrogen-bond donors (Lipinski definition) is 4. The molecule has 0 saturated carbocycles. The van der Waals surface area contributed by atoms with Crippen LogP contribution in [0, 0.1) is 0 Å². The van der Waals surface area contributed by atoms with Gasteiger partial charge in [0, 0.05) is 18.1 Å². The van der Waals surface area contributed by atoms with Crippen LogP contribution in [0.1, 0.15) is 106 Å². The van der Waals surface area contributed by atoms with E-state index in [4.69, 9.17) is 9.97 Å². The lowest BCUT2D eigenvalue weighted by Gasteiger charge is -2.36. The SMILES string of the molecule is C=C/C(=C\c1nc([C@@H]2CCCN2)[nH]c1C=C)[C@@H]1CC[C@H](c2ccc3[nH]c([C@@H]4CCCN4)nc3c2)N1C(C)CC. The quantitative estimate of drug-likeness (QED) is 0.245. The zero-order valence-electron chi connectivity index (χ0n) is 23.5. The van der Waals surface area contributed by atoms with E-state index in [2.05, 4.69) is 76.8 Å². The molecule has 3 fully saturated rings. The van der Waals surface area contributed by atoms with Crippen LogP contribution in [0.5, 0.6) is 0 Å². The second kappa shape index (κ2) is 11.2. The van der Waals surface area contributed by atoms with Gasteiger partial charge < -0.3 is 20.6 Å². The molecule has 3 aliphatic rings. The van der Waals surface area contributed by atoms with Crippen LogP contribution in [0.3, 0.4) is 0 Å². The fraction of sp³-hybridized carbons (Fsp3) is 0.500. The first-order chi connectivity index (χ1) is 19.1. The lowest BCUT2D eigenvalue weighted by atomic mass is 10.0. The van der Waals surface area contributed by atoms with Gasteiger partial charge in [-0.2, -0.15) is 0 Å². The van der Waals surface area contributed by atoms with Crippen molar-refractivity contribution in [2.75, 3.05) is 13.1 Å². The van der Waals surface area contributed by atoms with Crippen molar-refractivity contribution in [3.63, 3.8) is 0 Å². The summed E-state index contributed by atoms with van der Waals surface area (Å²) in [4.78, 5) is 19.8. The Hall–Kier alpha value is -3.00. The average molecular weight is 526 g/mol. The molecule has 0 bridgehead atoms. The van der Waals surface area contributed by atoms with Crippen LogP contribution >= 0.6 is 0 Å². The molecule has 6 rings (SSSR count). The molecule has 39 heavy (non-hydrogen) atoms. The molecule has 0 aliphatic carbocycles. The monoisotopic (exact) mass is 525 g/mol. The number of aromatic amines is 2. The molecule has 4 N–H and O–H groups in total. The van der Waals surface area contributed by atoms with Crippen molar-refractivity contribution in [1.29, 1.82) is 0 Å². The molecule has 0 spiro atoms. The van der Waals surface area contributed by atoms with Gasteiger partial charge in [-0.3, -0.25) is 4.90 Å². The molecule has 1 aromatic carbocycles. The molecule has 7 heteroatoms. The summed E-state index contributed by atoms with van der Waals surface area (Å²) >= 11 is 0. The summed E-state index contributed by atoms with van der Waals surface area (Å²) in [7, 11) is 0. The topological polar surface area (TPSA) is 84.7 Å². The van der Waals surface area contributed by atoms with Crippen LogP contribution < -0.4 is 10.6 Å². The largest absolute Gasteiger partial charge is 0.341 e. The van der Waals surface area contributed by atoms with Crippen molar-refractivity contribution in [2.24, 2.45) is 0 Å². The third-order valence-electron chi connectivity index (χ3n) is 9.13. The van der Waals surface area contributed by atoms with Gasteiger partial charge in [0.05, 0.1) is 34.5 Å². The van der Waals surface area contributed by atoms with E-state index in [0.717, 1.165) is 79.3 Å². The second-order valence-electron chi connectivity index (χ2n) is 11.5. The van der Waals surface area contributed by atoms with E-state index in [1.807, 2.05) is 12.2 Å². The number of H-pyrrole nitrogens is 2. The molecule has 3 aliphatic heterocycles. The number of fused-ring (bicyclic) bond motifs is 1. The Morgan fingerprint density at radius 2 is 1.77 bits per heavy atom. The smallest absolute Gasteiger partial charge is 0.124 e. The van der Waals surface area contributed by atoms with E-state index >= 15 is 0 Å². The number of benzene rings is 1. The zero-order valence-corrected chi connectivity index (χ0v) is 23.5. The van der Waals surface area contributed by atoms with Crippen molar-refractivity contribution >= 4 is 23.2 Å². The molecule has 206 valence electrons. The molecule has 1 unspecified atom stereocenters. The van der Waals surface area contributed by atoms with Gasteiger partial charge in [-0.25, -0.2) is 9.97 Å². The molecule has 3 saturated heterocycles. The summed E-state index contributed by atoms with van der Waals surface area (Å²) in [5, 5.41) is 7.12. The first-order valence-corrected chi connectivity index (χ1v) is 14.9. The highest BCUT2D eigenvalue weighted by Crippen LogP contribution is 2.42. The summed E-state index contributed by atoms with van der Waals surface area (Å²) in [6.45, 7) is 15.1. The normalized spacial score (nSPS) is 27.0. The molecule has 7 nitrogen and oxygen atoms in total. The van der Waals surface area contributed by atoms with Crippen LogP contribution in [0.15, 0.2) is 43.0 Å². The molecular formula is C32H43N7. The van der Waals surface area contributed by atoms with Crippen LogP contribution in [0.2, 0.25) is 0 Å². The number of nitrogens with one attached hydrogen (secondary N) is 4. The highest BCUT2D eigenvalue weighted by molar-refractivity contribution is 5.76. The third kappa shape index (κ3) is 5.04. The van der Waals surface area contributed by atoms with Gasteiger partial charge in [-0.1, -0.05) is 32.2 Å². The Kier molecular flexibility index (Phi) is 7.56. The van der Waals surface area contributed by atoms with Gasteiger partial charge in [0.2, 0.25) is 0 Å². The first-order valence-electron chi connectivity index (χ1n) is 14.9. The summed E-state index contributed by atoms with van der Waals surface area (Å²) in [6.07, 6.45) is 14.1. The van der Waals surface area contributed by atoms with Crippen molar-refractivity contribution < 1.29 is 0 Å². The van der Waals surface area contributed by atoms with Crippen molar-refractivity contribution in [2.45, 2.75) is 89.0 Å². The van der Waals surface area contributed by atoms with Crippen molar-refractivity contribution in [3.05, 3.63) is 71.6 Å². The number of rotatable bonds is 9. The maximum absolute atomic E-state index is 5.01. The lowest BCUT2D eigenvalue weighted by molar-refractivity contribution is 0.153. The van der Waals surface area contributed by atoms with E-state index in [-0.39, 0.29) is 6.04 Å². The third-order valence-corrected chi connectivity index (χ3v) is 9.13. The van der Waals surface area contributed by atoms with Crippen LogP contribution in [-0.4, -0.2) is 50.0 Å². The molecule has 3 aromatic rings. The van der Waals surface area contributed by atoms with E-state index in [1.165, 1.54) is 24.0 Å². The highest BCUT2D eigenvalue weighted by atomic mass is 15.2. The predicted molar refractivity (Wildman–Crippen MR) is 160 cm³/mol. The highest BCUT2D eigenvalue weighted by Gasteiger charge is 2.38. The minimum absolute atomic E-state index is 0.290. The predicted octanol–water partition coefficient (Wildman–Crippen LogP) is 6.35. The van der Waals surface area contributed by atoms with Gasteiger partial charge in [0.25, 0.3) is 0 Å². The molecule has 5 atom stereocenters. The van der Waals surface area contributed by atoms with E-state index in [0.29, 0.717) is 24.2 Å². The van der Waals surface area contributed by atoms with Gasteiger partial charge in [0.1, 0.15) is 11.6 Å². The van der Waals surface area contributed by atoms with E-state index in [1.54, 1.807) is 0 Å². The summed E-state index contributed by atoms with van der Waals surface area (Å²) in [5.41, 5.74) is 6.73. The minimum atomic E-state index is 0.290. The number of imidazole rings is 2. The fourth-order valence-electron chi connectivity index (χ4n) is 6.88. The van der Waals surface area contributed by atoms with Gasteiger partial charge in [0.15, 0.2) is 0 Å². The minimum Gasteiger partial charge on any atom is -0.341 e. The lowest BCUT2D eigenvalue weighted by Crippen LogP contribution is -2.39. The second-order valence-corrected chi connectivity index (χ2v) is 11.5. The van der Waals surface area contributed by atoms with E-state index < -0.39 is 0 Å². The number of hydrogen-bond acceptors (Lipinski definition) is 5. The van der Waals surface area contributed by atoms with Gasteiger partial charge in [-0.05, 0) is 100 Å². The van der Waals surface area contributed by atoms with Gasteiger partial charge in [-0.15, -0.1) is 0 Å². The maximum atomic E-state index is 5.01. The van der Waals surface area contributed by atoms with Crippen molar-refractivity contribution in [1.82, 2.24) is 35.5 Å². The van der Waals surface area contributed by atoms with Gasteiger partial charge >= 0.3 is 0 Å². The Labute approximate surface area is 232 Å². The molecule has 5 heterocycles. The summed E-state index contributed by atoms with van der Waals surface area (Å²) < 4.78 is 0. The van der Waals surface area contributed by atoms with Crippen LogP contribution in [0.25, 0.3) is 23.2 Å². The van der Waals surface area contributed by atoms with Crippen molar-refractivity contribution in [3.8, 4) is 0 Å². The summed E-state index contributed by atoms with van der Waals surface area (Å²) in [6, 6.07) is 8.56. The standard InChI is InChI=1S/C32H43N7/c1-5-20(4)39-29(21(6-2)18-27-23(7-3)35-31(37-27)25-10-8-16-33-25)14-15-30(39)22-12-13-24-28(19-22)38-32(36-24)26-11-9-17-34-26/h6-7,12-13,18-20,25-26,29-30,33-34H,2-3,5,8-11,14-17H2,1,4H3,(H,35,37)(H,36,38)/b21-18+/t20?,25-,26-,29-,30+/m0/s1. The zero-order chi connectivity index (χ0) is 26.9. The Morgan fingerprint density at radius 1 is 1.03 bits per heavy atom. The average Bonchev–Trinajstić information content (AvgIpc) is 3.79. The maximum Gasteiger partial charge on any atom is 0.124 e. The van der Waals surface area contributed by atoms with E-state index in [9.17, 15) is 0 Å². The number of aromatic nitrogens is 4. The molecule has 2 aromatic heterocycles. The number of likely N-dealkylation sites (tertiary alicyclic amines) is 1.